The van der Waals surface area contributed by atoms with Crippen LogP contribution in [0.25, 0.3) is 33.6 Å². The van der Waals surface area contributed by atoms with Crippen molar-refractivity contribution in [1.29, 1.82) is 0 Å². The van der Waals surface area contributed by atoms with Gasteiger partial charge in [0.05, 0.1) is 18.0 Å². The largest absolute Gasteiger partial charge is 0.494 e. The summed E-state index contributed by atoms with van der Waals surface area (Å²) in [5.41, 5.74) is 5.85. The van der Waals surface area contributed by atoms with Crippen molar-refractivity contribution < 1.29 is 4.74 Å². The van der Waals surface area contributed by atoms with Crippen LogP contribution in [0.3, 0.4) is 0 Å². The monoisotopic (exact) mass is 382 g/mol. The van der Waals surface area contributed by atoms with E-state index >= 15 is 0 Å². The quantitative estimate of drug-likeness (QED) is 0.489. The number of nitrogens with one attached hydrogen (secondary N) is 1. The van der Waals surface area contributed by atoms with Crippen LogP contribution in [0.4, 0.5) is 5.82 Å². The lowest BCUT2D eigenvalue weighted by Gasteiger charge is -2.10. The van der Waals surface area contributed by atoms with Crippen molar-refractivity contribution in [2.75, 3.05) is 19.0 Å². The predicted molar refractivity (Wildman–Crippen MR) is 117 cm³/mol. The molecule has 0 fully saturated rings. The van der Waals surface area contributed by atoms with Gasteiger partial charge in [0.25, 0.3) is 0 Å². The van der Waals surface area contributed by atoms with Gasteiger partial charge in [-0.15, -0.1) is 0 Å². The molecule has 0 aliphatic heterocycles. The fourth-order valence-corrected chi connectivity index (χ4v) is 3.14. The van der Waals surface area contributed by atoms with Crippen LogP contribution < -0.4 is 10.1 Å². The summed E-state index contributed by atoms with van der Waals surface area (Å²) < 4.78 is 5.54. The normalized spacial score (nSPS) is 10.6. The Labute approximate surface area is 170 Å². The topological polar surface area (TPSA) is 59.9 Å². The molecule has 0 amide bonds. The molecular formula is C24H22N4O. The van der Waals surface area contributed by atoms with Gasteiger partial charge in [0.1, 0.15) is 11.6 Å². The second-order valence-electron chi connectivity index (χ2n) is 6.51. The fraction of sp³-hybridized carbons (Fsp3) is 0.125. The summed E-state index contributed by atoms with van der Waals surface area (Å²) in [6.45, 7) is 2.64. The highest BCUT2D eigenvalue weighted by molar-refractivity contribution is 5.76. The van der Waals surface area contributed by atoms with Gasteiger partial charge in [-0.25, -0.2) is 4.98 Å². The van der Waals surface area contributed by atoms with Gasteiger partial charge in [-0.2, -0.15) is 0 Å². The van der Waals surface area contributed by atoms with Gasteiger partial charge in [-0.1, -0.05) is 18.2 Å². The van der Waals surface area contributed by atoms with E-state index in [1.54, 1.807) is 6.20 Å². The molecule has 0 atom stereocenters. The van der Waals surface area contributed by atoms with Crippen LogP contribution in [-0.2, 0) is 0 Å². The third-order valence-corrected chi connectivity index (χ3v) is 4.58. The van der Waals surface area contributed by atoms with Crippen molar-refractivity contribution in [3.8, 4) is 39.4 Å². The van der Waals surface area contributed by atoms with Crippen molar-refractivity contribution >= 4 is 5.82 Å². The number of hydrogen-bond donors (Lipinski definition) is 1. The molecule has 0 saturated heterocycles. The summed E-state index contributed by atoms with van der Waals surface area (Å²) in [4.78, 5) is 13.5. The molecule has 0 saturated carbocycles. The predicted octanol–water partition coefficient (Wildman–Crippen LogP) is 5.31. The first-order valence-electron chi connectivity index (χ1n) is 9.56. The zero-order chi connectivity index (χ0) is 20.1. The van der Waals surface area contributed by atoms with Gasteiger partial charge < -0.3 is 10.1 Å². The van der Waals surface area contributed by atoms with Crippen LogP contribution in [-0.4, -0.2) is 28.6 Å². The Bertz CT molecular complexity index is 1100. The van der Waals surface area contributed by atoms with Gasteiger partial charge in [-0.05, 0) is 60.5 Å². The second kappa shape index (κ2) is 8.52. The molecule has 5 heteroatoms. The van der Waals surface area contributed by atoms with E-state index in [1.165, 1.54) is 0 Å². The third-order valence-electron chi connectivity index (χ3n) is 4.58. The standard InChI is InChI=1S/C24H22N4O/c1-3-29-21-9-7-17(8-10-21)19-12-20(16-26-15-19)18-13-23(28-24(14-18)25-2)22-6-4-5-11-27-22/h4-16H,3H2,1-2H3,(H,25,28). The molecule has 3 aromatic heterocycles. The lowest BCUT2D eigenvalue weighted by atomic mass is 10.0. The number of benzene rings is 1. The fourth-order valence-electron chi connectivity index (χ4n) is 3.14. The molecule has 29 heavy (non-hydrogen) atoms. The van der Waals surface area contributed by atoms with E-state index in [0.29, 0.717) is 6.61 Å². The molecule has 3 heterocycles. The van der Waals surface area contributed by atoms with Gasteiger partial charge in [-0.3, -0.25) is 9.97 Å². The summed E-state index contributed by atoms with van der Waals surface area (Å²) >= 11 is 0. The first-order chi connectivity index (χ1) is 14.3. The van der Waals surface area contributed by atoms with Crippen molar-refractivity contribution in [3.63, 3.8) is 0 Å². The lowest BCUT2D eigenvalue weighted by molar-refractivity contribution is 0.340. The van der Waals surface area contributed by atoms with E-state index in [9.17, 15) is 0 Å². The summed E-state index contributed by atoms with van der Waals surface area (Å²) in [6.07, 6.45) is 5.52. The average Bonchev–Trinajstić information content (AvgIpc) is 2.80. The molecule has 144 valence electrons. The highest BCUT2D eigenvalue weighted by atomic mass is 16.5. The van der Waals surface area contributed by atoms with Gasteiger partial charge >= 0.3 is 0 Å². The van der Waals surface area contributed by atoms with Crippen LogP contribution in [0.1, 0.15) is 6.92 Å². The Morgan fingerprint density at radius 2 is 1.62 bits per heavy atom. The Morgan fingerprint density at radius 1 is 0.828 bits per heavy atom. The molecule has 4 rings (SSSR count). The molecule has 0 aliphatic carbocycles. The zero-order valence-electron chi connectivity index (χ0n) is 16.5. The molecule has 5 nitrogen and oxygen atoms in total. The van der Waals surface area contributed by atoms with E-state index in [4.69, 9.17) is 4.74 Å². The number of ether oxygens (including phenoxy) is 1. The summed E-state index contributed by atoms with van der Waals surface area (Å²) in [6, 6.07) is 20.1. The van der Waals surface area contributed by atoms with E-state index in [2.05, 4.69) is 38.5 Å². The highest BCUT2D eigenvalue weighted by Crippen LogP contribution is 2.30. The van der Waals surface area contributed by atoms with Crippen LogP contribution in [0.5, 0.6) is 5.75 Å². The second-order valence-corrected chi connectivity index (χ2v) is 6.51. The molecule has 0 radical (unpaired) electrons. The highest BCUT2D eigenvalue weighted by Gasteiger charge is 2.09. The number of aromatic nitrogens is 3. The van der Waals surface area contributed by atoms with E-state index in [1.807, 2.05) is 68.8 Å². The smallest absolute Gasteiger partial charge is 0.127 e. The molecule has 1 N–H and O–H groups in total. The minimum Gasteiger partial charge on any atom is -0.494 e. The maximum Gasteiger partial charge on any atom is 0.127 e. The minimum absolute atomic E-state index is 0.658. The average molecular weight is 382 g/mol. The number of anilines is 1. The summed E-state index contributed by atoms with van der Waals surface area (Å²) in [5, 5.41) is 3.14. The SMILES string of the molecule is CCOc1ccc(-c2cncc(-c3cc(NC)nc(-c4ccccn4)c3)c2)cc1. The molecule has 0 unspecified atom stereocenters. The van der Waals surface area contributed by atoms with Crippen molar-refractivity contribution in [2.45, 2.75) is 6.92 Å². The molecular weight excluding hydrogens is 360 g/mol. The molecule has 4 aromatic rings. The van der Waals surface area contributed by atoms with Crippen molar-refractivity contribution in [1.82, 2.24) is 15.0 Å². The molecule has 0 aliphatic rings. The van der Waals surface area contributed by atoms with Crippen molar-refractivity contribution in [3.05, 3.63) is 79.3 Å². The summed E-state index contributed by atoms with van der Waals surface area (Å²) in [7, 11) is 1.86. The Balaban J connectivity index is 1.72. The van der Waals surface area contributed by atoms with Gasteiger partial charge in [0.15, 0.2) is 0 Å². The first-order valence-corrected chi connectivity index (χ1v) is 9.56. The van der Waals surface area contributed by atoms with E-state index < -0.39 is 0 Å². The maximum atomic E-state index is 5.54. The van der Waals surface area contributed by atoms with Crippen LogP contribution in [0.15, 0.2) is 79.3 Å². The van der Waals surface area contributed by atoms with Crippen molar-refractivity contribution in [2.24, 2.45) is 0 Å². The molecule has 0 spiro atoms. The summed E-state index contributed by atoms with van der Waals surface area (Å²) in [5.74, 6) is 1.66. The molecule has 0 bridgehead atoms. The number of nitrogens with zero attached hydrogens (tertiary/aromatic N) is 3. The molecule has 1 aromatic carbocycles. The zero-order valence-corrected chi connectivity index (χ0v) is 16.5. The van der Waals surface area contributed by atoms with Gasteiger partial charge in [0, 0.05) is 36.8 Å². The number of rotatable bonds is 6. The first kappa shape index (κ1) is 18.6. The van der Waals surface area contributed by atoms with E-state index in [-0.39, 0.29) is 0 Å². The van der Waals surface area contributed by atoms with Crippen LogP contribution >= 0.6 is 0 Å². The van der Waals surface area contributed by atoms with Crippen LogP contribution in [0.2, 0.25) is 0 Å². The van der Waals surface area contributed by atoms with Gasteiger partial charge in [0.2, 0.25) is 0 Å². The van der Waals surface area contributed by atoms with Crippen LogP contribution in [0, 0.1) is 0 Å². The number of hydrogen-bond acceptors (Lipinski definition) is 5. The van der Waals surface area contributed by atoms with E-state index in [0.717, 1.165) is 45.2 Å². The Kier molecular flexibility index (Phi) is 5.47. The lowest BCUT2D eigenvalue weighted by Crippen LogP contribution is -1.96. The maximum absolute atomic E-state index is 5.54. The Morgan fingerprint density at radius 3 is 2.31 bits per heavy atom. The minimum atomic E-state index is 0.658. The Hall–Kier alpha value is -3.73. The third kappa shape index (κ3) is 4.24. The number of pyridine rings is 3.